The molecule has 1 fully saturated rings. The highest BCUT2D eigenvalue weighted by atomic mass is 32.2. The van der Waals surface area contributed by atoms with Crippen LogP contribution in [0.2, 0.25) is 0 Å². The lowest BCUT2D eigenvalue weighted by atomic mass is 9.89. The van der Waals surface area contributed by atoms with Gasteiger partial charge in [-0.25, -0.2) is 13.1 Å². The summed E-state index contributed by atoms with van der Waals surface area (Å²) in [7, 11) is -3.11. The summed E-state index contributed by atoms with van der Waals surface area (Å²) in [4.78, 5) is 2.50. The summed E-state index contributed by atoms with van der Waals surface area (Å²) >= 11 is 0. The lowest BCUT2D eigenvalue weighted by Crippen LogP contribution is -2.34. The first-order chi connectivity index (χ1) is 13.3. The molecule has 3 rings (SSSR count). The van der Waals surface area contributed by atoms with E-state index in [4.69, 9.17) is 4.52 Å². The van der Waals surface area contributed by atoms with Gasteiger partial charge in [-0.2, -0.15) is 0 Å². The highest BCUT2D eigenvalue weighted by Gasteiger charge is 2.21. The van der Waals surface area contributed by atoms with E-state index >= 15 is 0 Å². The zero-order valence-corrected chi connectivity index (χ0v) is 17.9. The summed E-state index contributed by atoms with van der Waals surface area (Å²) < 4.78 is 30.1. The molecule has 0 radical (unpaired) electrons. The van der Waals surface area contributed by atoms with Crippen LogP contribution in [0.1, 0.15) is 41.0 Å². The van der Waals surface area contributed by atoms with Crippen molar-refractivity contribution in [1.82, 2.24) is 14.8 Å². The number of hydrogen-bond acceptors (Lipinski definition) is 5. The van der Waals surface area contributed by atoms with Gasteiger partial charge in [0.1, 0.15) is 5.76 Å². The molecule has 1 N–H and O–H groups in total. The molecule has 0 saturated carbocycles. The van der Waals surface area contributed by atoms with Crippen molar-refractivity contribution in [3.05, 3.63) is 52.4 Å². The fourth-order valence-electron chi connectivity index (χ4n) is 3.86. The van der Waals surface area contributed by atoms with Crippen molar-refractivity contribution in [2.75, 3.05) is 25.9 Å². The fourth-order valence-corrected chi connectivity index (χ4v) is 4.33. The SMILES string of the molecule is Cc1noc(C)c1CN1CCC(Cc2ccc(CCNS(C)(=O)=O)cc2)CC1. The van der Waals surface area contributed by atoms with Crippen LogP contribution in [0.25, 0.3) is 0 Å². The van der Waals surface area contributed by atoms with E-state index in [-0.39, 0.29) is 0 Å². The van der Waals surface area contributed by atoms with Crippen LogP contribution in [-0.4, -0.2) is 44.4 Å². The quantitative estimate of drug-likeness (QED) is 0.731. The summed E-state index contributed by atoms with van der Waals surface area (Å²) in [6, 6.07) is 8.61. The van der Waals surface area contributed by atoms with Crippen molar-refractivity contribution in [2.24, 2.45) is 5.92 Å². The smallest absolute Gasteiger partial charge is 0.208 e. The number of rotatable bonds is 8. The zero-order chi connectivity index (χ0) is 20.1. The normalized spacial score (nSPS) is 16.5. The molecule has 0 aliphatic carbocycles. The van der Waals surface area contributed by atoms with Crippen LogP contribution in [0.5, 0.6) is 0 Å². The van der Waals surface area contributed by atoms with Crippen molar-refractivity contribution >= 4 is 10.0 Å². The maximum Gasteiger partial charge on any atom is 0.208 e. The maximum absolute atomic E-state index is 11.1. The minimum Gasteiger partial charge on any atom is -0.361 e. The predicted octanol–water partition coefficient (Wildman–Crippen LogP) is 2.84. The van der Waals surface area contributed by atoms with E-state index in [0.29, 0.717) is 13.0 Å². The zero-order valence-electron chi connectivity index (χ0n) is 17.1. The largest absolute Gasteiger partial charge is 0.361 e. The number of piperidine rings is 1. The van der Waals surface area contributed by atoms with E-state index in [1.165, 1.54) is 30.2 Å². The topological polar surface area (TPSA) is 75.4 Å². The number of hydrogen-bond donors (Lipinski definition) is 1. The van der Waals surface area contributed by atoms with E-state index in [2.05, 4.69) is 39.0 Å². The number of benzene rings is 1. The van der Waals surface area contributed by atoms with Crippen LogP contribution in [-0.2, 0) is 29.4 Å². The Morgan fingerprint density at radius 1 is 1.14 bits per heavy atom. The minimum absolute atomic E-state index is 0.446. The molecule has 7 heteroatoms. The number of likely N-dealkylation sites (tertiary alicyclic amines) is 1. The Balaban J connectivity index is 1.43. The monoisotopic (exact) mass is 405 g/mol. The van der Waals surface area contributed by atoms with E-state index in [9.17, 15) is 8.42 Å². The molecule has 2 aromatic rings. The summed E-state index contributed by atoms with van der Waals surface area (Å²) in [6.45, 7) is 7.61. The second-order valence-corrected chi connectivity index (χ2v) is 9.79. The van der Waals surface area contributed by atoms with Crippen molar-refractivity contribution < 1.29 is 12.9 Å². The Morgan fingerprint density at radius 2 is 1.79 bits per heavy atom. The van der Waals surface area contributed by atoms with Crippen LogP contribution in [0, 0.1) is 19.8 Å². The van der Waals surface area contributed by atoms with E-state index < -0.39 is 10.0 Å². The second kappa shape index (κ2) is 9.20. The first-order valence-corrected chi connectivity index (χ1v) is 11.9. The molecule has 0 spiro atoms. The van der Waals surface area contributed by atoms with Crippen molar-refractivity contribution in [3.63, 3.8) is 0 Å². The van der Waals surface area contributed by atoms with Crippen molar-refractivity contribution in [2.45, 2.75) is 46.1 Å². The third kappa shape index (κ3) is 6.15. The molecular formula is C21H31N3O3S. The van der Waals surface area contributed by atoms with Crippen LogP contribution < -0.4 is 4.72 Å². The third-order valence-electron chi connectivity index (χ3n) is 5.60. The first kappa shape index (κ1) is 21.0. The molecule has 0 unspecified atom stereocenters. The van der Waals surface area contributed by atoms with Crippen LogP contribution in [0.4, 0.5) is 0 Å². The van der Waals surface area contributed by atoms with E-state index in [0.717, 1.165) is 49.0 Å². The van der Waals surface area contributed by atoms with Crippen molar-refractivity contribution in [1.29, 1.82) is 0 Å². The molecule has 1 aromatic heterocycles. The maximum atomic E-state index is 11.1. The first-order valence-electron chi connectivity index (χ1n) is 9.97. The molecule has 0 amide bonds. The van der Waals surface area contributed by atoms with Crippen molar-refractivity contribution in [3.8, 4) is 0 Å². The lowest BCUT2D eigenvalue weighted by molar-refractivity contribution is 0.176. The number of nitrogens with one attached hydrogen (secondary N) is 1. The average Bonchev–Trinajstić information content (AvgIpc) is 2.96. The lowest BCUT2D eigenvalue weighted by Gasteiger charge is -2.32. The molecule has 1 saturated heterocycles. The Bertz CT molecular complexity index is 847. The minimum atomic E-state index is -3.11. The number of aromatic nitrogens is 1. The summed E-state index contributed by atoms with van der Waals surface area (Å²) in [5, 5.41) is 4.05. The molecule has 2 heterocycles. The highest BCUT2D eigenvalue weighted by molar-refractivity contribution is 7.88. The van der Waals surface area contributed by atoms with Gasteiger partial charge in [0.15, 0.2) is 0 Å². The van der Waals surface area contributed by atoms with Gasteiger partial charge in [-0.1, -0.05) is 29.4 Å². The Hall–Kier alpha value is -1.70. The molecule has 1 aromatic carbocycles. The molecule has 28 heavy (non-hydrogen) atoms. The summed E-state index contributed by atoms with van der Waals surface area (Å²) in [5.74, 6) is 1.66. The highest BCUT2D eigenvalue weighted by Crippen LogP contribution is 2.24. The van der Waals surface area contributed by atoms with Crippen LogP contribution in [0.15, 0.2) is 28.8 Å². The third-order valence-corrected chi connectivity index (χ3v) is 6.32. The van der Waals surface area contributed by atoms with Gasteiger partial charge in [0.25, 0.3) is 0 Å². The van der Waals surface area contributed by atoms with Gasteiger partial charge in [-0.05, 0) is 69.7 Å². The van der Waals surface area contributed by atoms with Gasteiger partial charge in [-0.3, -0.25) is 4.90 Å². The summed E-state index contributed by atoms with van der Waals surface area (Å²) in [6.07, 6.45) is 5.44. The molecule has 0 atom stereocenters. The number of nitrogens with zero attached hydrogens (tertiary/aromatic N) is 2. The van der Waals surface area contributed by atoms with Gasteiger partial charge >= 0.3 is 0 Å². The molecule has 1 aliphatic heterocycles. The van der Waals surface area contributed by atoms with Gasteiger partial charge in [-0.15, -0.1) is 0 Å². The van der Waals surface area contributed by atoms with Gasteiger partial charge < -0.3 is 4.52 Å². The Labute approximate surface area is 168 Å². The number of sulfonamides is 1. The Morgan fingerprint density at radius 3 is 2.36 bits per heavy atom. The number of aryl methyl sites for hydroxylation is 2. The van der Waals surface area contributed by atoms with Gasteiger partial charge in [0.2, 0.25) is 10.0 Å². The molecule has 1 aliphatic rings. The molecular weight excluding hydrogens is 374 g/mol. The molecule has 0 bridgehead atoms. The predicted molar refractivity (Wildman–Crippen MR) is 111 cm³/mol. The van der Waals surface area contributed by atoms with E-state index in [1.807, 2.05) is 13.8 Å². The average molecular weight is 406 g/mol. The van der Waals surface area contributed by atoms with Crippen LogP contribution >= 0.6 is 0 Å². The summed E-state index contributed by atoms with van der Waals surface area (Å²) in [5.41, 5.74) is 4.77. The Kier molecular flexibility index (Phi) is 6.91. The van der Waals surface area contributed by atoms with E-state index in [1.54, 1.807) is 0 Å². The fraction of sp³-hybridized carbons (Fsp3) is 0.571. The molecule has 154 valence electrons. The molecule has 6 nitrogen and oxygen atoms in total. The van der Waals surface area contributed by atoms with Crippen LogP contribution in [0.3, 0.4) is 0 Å². The van der Waals surface area contributed by atoms with Gasteiger partial charge in [0.05, 0.1) is 11.9 Å². The second-order valence-electron chi connectivity index (χ2n) is 7.96. The standard InChI is InChI=1S/C21H31N3O3S/c1-16-21(17(2)27-23-16)15-24-12-9-20(10-13-24)14-19-6-4-18(5-7-19)8-11-22-28(3,25)26/h4-7,20,22H,8-15H2,1-3H3. The van der Waals surface area contributed by atoms with Gasteiger partial charge in [0, 0.05) is 18.7 Å².